The Kier molecular flexibility index (Phi) is 78.9. The van der Waals surface area contributed by atoms with Gasteiger partial charge in [0.15, 0.2) is 0 Å². The first-order valence-electron chi connectivity index (χ1n) is 42.1. The second kappa shape index (κ2) is 70.8. The molecule has 0 aliphatic carbocycles. The van der Waals surface area contributed by atoms with Crippen LogP contribution in [-0.4, -0.2) is 322 Å². The maximum absolute atomic E-state index is 14.0. The summed E-state index contributed by atoms with van der Waals surface area (Å²) >= 11 is 6.33. The van der Waals surface area contributed by atoms with Crippen LogP contribution in [0.3, 0.4) is 0 Å². The van der Waals surface area contributed by atoms with Gasteiger partial charge in [-0.15, -0.1) is 0 Å². The van der Waals surface area contributed by atoms with Crippen LogP contribution in [0.25, 0.3) is 4.85 Å². The molecule has 9 aliphatic heterocycles. The molecule has 0 aromatic heterocycles. The third kappa shape index (κ3) is 55.4. The van der Waals surface area contributed by atoms with Crippen LogP contribution in [0.4, 0.5) is 0 Å². The first-order valence-corrected chi connectivity index (χ1v) is 56.1. The molecular formula is C81H144NO31P6S2Y9-9. The molecule has 737 valence electrons. The van der Waals surface area contributed by atoms with Crippen molar-refractivity contribution in [2.45, 2.75) is 347 Å². The number of hydrogen-bond acceptors (Lipinski definition) is 31. The predicted octanol–water partition coefficient (Wildman–Crippen LogP) is 13.7. The summed E-state index contributed by atoms with van der Waals surface area (Å²) in [5.74, 6) is 0.293. The monoisotopic (exact) mass is 2680 g/mol. The molecule has 0 bridgehead atoms. The molecule has 0 saturated carbocycles. The molecule has 9 rings (SSSR count). The summed E-state index contributed by atoms with van der Waals surface area (Å²) in [6, 6.07) is 0. The minimum Gasteiger partial charge on any atom is -0.405 e. The van der Waals surface area contributed by atoms with Gasteiger partial charge in [-0.25, -0.2) is 15.7 Å². The summed E-state index contributed by atoms with van der Waals surface area (Å²) in [6.45, 7) is 47.6. The smallest absolute Gasteiger partial charge is 0.405 e. The molecule has 9 fully saturated rings. The fraction of sp³-hybridized carbons (Fsp3) is 0.840. The molecule has 32 nitrogen and oxygen atoms in total. The third-order valence-electron chi connectivity index (χ3n) is 19.0. The standard InChI is InChI=1S/C29H50NO10P2S.C26H47O11P2.C26H47O10P2S.9Y/c1-19(2)32-16-27-25(14-22(6)36-27)39-41(9,10)33-17-29-26(15-23(7)38-29)40-42(31,43-12-11-30-8)34-18-28-24(35-20(3)4)13-21(5)37-28;1-16(2)29-13-24-22(11-19(6)33-24)36-38(8,9)30-14-26-23(12-20(7)35-26)37-39(27,28)31-15-25-21(32-17(3)4)10-18(5)34-25;1-16(2)28-13-24-22(11-19(6)32-24)35-37(8,9)29-14-26-23(12-20(7)34-26)36-38(27,39)30-15-25-21(31-17(3)4)10-18(5)33-25;;;;;;;;;/h13-15,19-29H,9,11-12,16-18H2,1-7,10H3;10-12,16-26H,8,13-15H2,1-7,9H3,(H,27,28);10-12,16-26H,8,13-15H2,1-7,9H3,(H,27,39);;;;;;;;;/q3*-3;;;;;;;;;/t21-,22-,23-,24?,25?,26?,27+,28+,29+,41?,42?;18-,19-,20-,21?,22?,23?,24+,25+,26+,38?;18-,19-,20-,21?,22?,23?,24+,25+,26+,37?,38?;;;;;;;;;/m000........./s1. The van der Waals surface area contributed by atoms with Crippen molar-refractivity contribution >= 4 is 85.4 Å². The second-order valence-electron chi connectivity index (χ2n) is 33.6. The summed E-state index contributed by atoms with van der Waals surface area (Å²) in [5.41, 5.74) is 0. The number of phosphoric acid groups is 1. The summed E-state index contributed by atoms with van der Waals surface area (Å²) in [5, 5.41) is 0. The van der Waals surface area contributed by atoms with E-state index in [1.165, 1.54) is 0 Å². The van der Waals surface area contributed by atoms with Gasteiger partial charge >= 0.3 is 21.3 Å². The van der Waals surface area contributed by atoms with E-state index in [0.29, 0.717) is 25.6 Å². The average molecular weight is 2680 g/mol. The molecule has 9 heterocycles. The molecule has 33 atom stereocenters. The number of phosphoric ester groups is 1. The zero-order valence-corrected chi connectivity index (χ0v) is 113. The van der Waals surface area contributed by atoms with Crippen molar-refractivity contribution in [3.05, 3.63) is 69.2 Å². The maximum Gasteiger partial charge on any atom is 0.470 e. The first-order chi connectivity index (χ1) is 56.4. The normalized spacial score (nSPS) is 34.9. The van der Waals surface area contributed by atoms with Crippen LogP contribution in [-0.2, 0) is 441 Å². The molecule has 9 radical (unpaired) electrons. The molecule has 2 N–H and O–H groups in total. The topological polar surface area (TPSA) is 328 Å². The first kappa shape index (κ1) is 145. The molecule has 9 aliphatic rings. The molecule has 15 unspecified atom stereocenters. The van der Waals surface area contributed by atoms with E-state index in [0.717, 1.165) is 11.4 Å². The van der Waals surface area contributed by atoms with Crippen molar-refractivity contribution in [1.82, 2.24) is 0 Å². The summed E-state index contributed by atoms with van der Waals surface area (Å²) < 4.78 is 187. The van der Waals surface area contributed by atoms with E-state index in [1.54, 1.807) is 13.1 Å². The van der Waals surface area contributed by atoms with Gasteiger partial charge in [-0.2, -0.15) is 0 Å². The largest absolute Gasteiger partial charge is 0.470 e. The van der Waals surface area contributed by atoms with Gasteiger partial charge in [0.2, 0.25) is 6.54 Å². The SMILES string of the molecule is C=P(C)(OC[C@H]1O[C@@H](C)[CH-]C1OP(=O)(O)OC[C@H]1O[C@@H](C)[CH-]C1OC(C)C)OC1[CH-][C@H](C)O[C@@H]1COC(C)C.C=P(C)(OC[C@H]1O[C@@H](C)[CH-]C1OP(O)(=S)OC[C@H]1O[C@@H](C)[CH-]C1OC(C)C)OC1[CH-][C@H](C)O[C@@H]1COC(C)C.[C-]#[N+]CCSP(=O)(OC[C@H]1O[C@@H](C)[CH-]C1OC(C)C)OC1[CH-][C@H](C)O[C@@H]1COP(=C)(C)OC1[CH-][C@H](C)O[C@@H]1COC(C)C.[Y].[Y].[Y].[Y].[Y].[Y].[Y].[Y].[Y]. The van der Waals surface area contributed by atoms with Crippen LogP contribution in [0, 0.1) is 64.4 Å². The van der Waals surface area contributed by atoms with E-state index in [1.807, 2.05) is 210 Å². The van der Waals surface area contributed by atoms with Crippen LogP contribution in [0.2, 0.25) is 0 Å². The fourth-order valence-electron chi connectivity index (χ4n) is 14.0. The number of ether oxygens (including phenoxy) is 15. The molecule has 0 aromatic carbocycles. The van der Waals surface area contributed by atoms with Crippen molar-refractivity contribution in [1.29, 1.82) is 0 Å². The van der Waals surface area contributed by atoms with Gasteiger partial charge in [-0.1, -0.05) is 136 Å². The number of hydrogen-bond donors (Lipinski definition) is 2. The van der Waals surface area contributed by atoms with Crippen molar-refractivity contribution in [2.24, 2.45) is 0 Å². The number of nitrogens with zero attached hydrogens (tertiary/aromatic N) is 1. The van der Waals surface area contributed by atoms with Gasteiger partial charge in [-0.05, 0) is 161 Å². The third-order valence-corrected chi connectivity index (χ3v) is 29.4. The minimum absolute atomic E-state index is 0. The Labute approximate surface area is 1020 Å². The zero-order valence-electron chi connectivity index (χ0n) is 80.5. The van der Waals surface area contributed by atoms with Gasteiger partial charge in [0.1, 0.15) is 22.0 Å². The van der Waals surface area contributed by atoms with E-state index in [2.05, 4.69) is 23.7 Å². The summed E-state index contributed by atoms with van der Waals surface area (Å²) in [6.07, 6.45) is 20.9. The van der Waals surface area contributed by atoms with Gasteiger partial charge in [0.25, 0.3) is 0 Å². The van der Waals surface area contributed by atoms with Gasteiger partial charge in [0.05, 0.1) is 138 Å². The Bertz CT molecular complexity index is 3300. The quantitative estimate of drug-likeness (QED) is 0.0325. The van der Waals surface area contributed by atoms with E-state index in [4.69, 9.17) is 144 Å². The van der Waals surface area contributed by atoms with Gasteiger partial charge in [-0.3, -0.25) is 66.8 Å². The van der Waals surface area contributed by atoms with E-state index in [9.17, 15) is 18.9 Å². The summed E-state index contributed by atoms with van der Waals surface area (Å²) in [7, 11) is -12.1. The van der Waals surface area contributed by atoms with Crippen LogP contribution in [0.1, 0.15) is 145 Å². The average Bonchev–Trinajstić information content (AvgIpc) is 1.62. The Morgan fingerprint density at radius 2 is 0.546 bits per heavy atom. The maximum atomic E-state index is 14.0. The summed E-state index contributed by atoms with van der Waals surface area (Å²) in [4.78, 5) is 24.7. The molecule has 130 heavy (non-hydrogen) atoms. The Morgan fingerprint density at radius 3 is 0.808 bits per heavy atom. The van der Waals surface area contributed by atoms with Crippen molar-refractivity contribution in [3.63, 3.8) is 0 Å². The Morgan fingerprint density at radius 1 is 0.331 bits per heavy atom. The van der Waals surface area contributed by atoms with E-state index >= 15 is 0 Å². The van der Waals surface area contributed by atoms with Crippen molar-refractivity contribution < 1.29 is 439 Å². The van der Waals surface area contributed by atoms with Crippen LogP contribution < -0.4 is 0 Å². The van der Waals surface area contributed by atoms with E-state index < -0.39 is 92.2 Å². The predicted molar refractivity (Wildman–Crippen MR) is 474 cm³/mol. The second-order valence-corrected chi connectivity index (χ2v) is 49.4. The van der Waals surface area contributed by atoms with Crippen LogP contribution in [0.15, 0.2) is 0 Å². The molecule has 0 spiro atoms. The molecule has 0 aromatic rings. The zero-order chi connectivity index (χ0) is 89.7. The molecule has 0 amide bonds. The molecular weight excluding hydrogens is 2530 g/mol. The Balaban J connectivity index is -0.00000180. The van der Waals surface area contributed by atoms with Crippen molar-refractivity contribution in [2.75, 3.05) is 91.8 Å². The molecule has 49 heteroatoms. The van der Waals surface area contributed by atoms with Crippen LogP contribution in [0.5, 0.6) is 0 Å². The molecule has 9 saturated heterocycles. The minimum atomic E-state index is -4.45. The van der Waals surface area contributed by atoms with Gasteiger partial charge < -0.3 is 131 Å². The fourth-order valence-corrected chi connectivity index (χ4v) is 23.3. The van der Waals surface area contributed by atoms with Crippen molar-refractivity contribution in [3.8, 4) is 0 Å². The van der Waals surface area contributed by atoms with Crippen LogP contribution >= 0.6 is 54.7 Å². The Hall–Kier alpha value is 10.6. The number of rotatable bonds is 48. The van der Waals surface area contributed by atoms with Gasteiger partial charge in [0, 0.05) is 333 Å². The van der Waals surface area contributed by atoms with E-state index in [-0.39, 0.29) is 493 Å².